The Balaban J connectivity index is 2.47. The summed E-state index contributed by atoms with van der Waals surface area (Å²) in [5.41, 5.74) is 1.63. The number of carbonyl (C=O) groups excluding carboxylic acids is 6. The Kier molecular flexibility index (Phi) is 13.9. The Morgan fingerprint density at radius 2 is 1.45 bits per heavy atom. The molecular weight excluding hydrogens is 616 g/mol. The normalized spacial score (nSPS) is 12.5. The molecule has 15 heteroatoms. The second-order valence-electron chi connectivity index (χ2n) is 9.04. The van der Waals surface area contributed by atoms with E-state index >= 15 is 0 Å². The van der Waals surface area contributed by atoms with Crippen molar-refractivity contribution in [1.82, 2.24) is 5.32 Å². The van der Waals surface area contributed by atoms with Crippen LogP contribution in [0.3, 0.4) is 0 Å². The molecule has 0 aliphatic heterocycles. The molecule has 1 aromatic heterocycles. The summed E-state index contributed by atoms with van der Waals surface area (Å²) in [5, 5.41) is 5.20. The summed E-state index contributed by atoms with van der Waals surface area (Å²) in [6.45, 7) is 7.24. The molecular formula is C29H34N2O11S2. The SMILES string of the molecule is CCOC(=O)c1c(NC(=S)NC(=O)C(OC(C)=O)C(OC(C)=O)C(COC(C)=O)OC(C)=O)sc(CC)c1-c1ccccc1. The number of ether oxygens (including phenoxy) is 5. The zero-order valence-corrected chi connectivity index (χ0v) is 26.7. The molecule has 2 rings (SSSR count). The summed E-state index contributed by atoms with van der Waals surface area (Å²) in [7, 11) is 0. The number of benzene rings is 1. The monoisotopic (exact) mass is 650 g/mol. The maximum Gasteiger partial charge on any atom is 0.341 e. The average molecular weight is 651 g/mol. The molecule has 0 aliphatic carbocycles. The molecule has 2 N–H and O–H groups in total. The number of aryl methyl sites for hydroxylation is 1. The number of rotatable bonds is 13. The summed E-state index contributed by atoms with van der Waals surface area (Å²) in [6, 6.07) is 9.21. The zero-order valence-electron chi connectivity index (χ0n) is 25.0. The van der Waals surface area contributed by atoms with Crippen molar-refractivity contribution in [3.63, 3.8) is 0 Å². The maximum atomic E-state index is 13.5. The van der Waals surface area contributed by atoms with Gasteiger partial charge in [-0.25, -0.2) is 4.79 Å². The minimum Gasteiger partial charge on any atom is -0.462 e. The van der Waals surface area contributed by atoms with Crippen LogP contribution in [0.5, 0.6) is 0 Å². The van der Waals surface area contributed by atoms with Gasteiger partial charge < -0.3 is 29.0 Å². The third-order valence-corrected chi connectivity index (χ3v) is 7.05. The van der Waals surface area contributed by atoms with Gasteiger partial charge in [0.25, 0.3) is 5.91 Å². The molecule has 0 aliphatic rings. The smallest absolute Gasteiger partial charge is 0.341 e. The van der Waals surface area contributed by atoms with Crippen LogP contribution in [0.2, 0.25) is 0 Å². The van der Waals surface area contributed by atoms with Crippen LogP contribution in [0.25, 0.3) is 11.1 Å². The van der Waals surface area contributed by atoms with Crippen molar-refractivity contribution in [2.24, 2.45) is 0 Å². The highest BCUT2D eigenvalue weighted by molar-refractivity contribution is 7.80. The fourth-order valence-electron chi connectivity index (χ4n) is 4.02. The topological polar surface area (TPSA) is 173 Å². The molecule has 0 radical (unpaired) electrons. The number of esters is 5. The van der Waals surface area contributed by atoms with Gasteiger partial charge >= 0.3 is 29.8 Å². The molecule has 2 aromatic rings. The number of hydrogen-bond donors (Lipinski definition) is 2. The predicted octanol–water partition coefficient (Wildman–Crippen LogP) is 3.33. The van der Waals surface area contributed by atoms with Gasteiger partial charge in [0, 0.05) is 38.1 Å². The van der Waals surface area contributed by atoms with Crippen molar-refractivity contribution in [3.05, 3.63) is 40.8 Å². The lowest BCUT2D eigenvalue weighted by molar-refractivity contribution is -0.190. The van der Waals surface area contributed by atoms with E-state index in [0.717, 1.165) is 38.1 Å². The molecule has 1 heterocycles. The molecule has 0 fully saturated rings. The van der Waals surface area contributed by atoms with Crippen LogP contribution >= 0.6 is 23.6 Å². The molecule has 0 saturated heterocycles. The van der Waals surface area contributed by atoms with Crippen molar-refractivity contribution in [2.75, 3.05) is 18.5 Å². The molecule has 1 aromatic carbocycles. The Morgan fingerprint density at radius 1 is 0.841 bits per heavy atom. The van der Waals surface area contributed by atoms with Crippen LogP contribution in [0.15, 0.2) is 30.3 Å². The molecule has 1 amide bonds. The van der Waals surface area contributed by atoms with Gasteiger partial charge in [-0.1, -0.05) is 37.3 Å². The van der Waals surface area contributed by atoms with Crippen LogP contribution in [-0.2, 0) is 54.1 Å². The number of hydrogen-bond acceptors (Lipinski definition) is 13. The van der Waals surface area contributed by atoms with E-state index in [1.807, 2.05) is 37.3 Å². The van der Waals surface area contributed by atoms with E-state index in [0.29, 0.717) is 12.0 Å². The van der Waals surface area contributed by atoms with Gasteiger partial charge in [0.1, 0.15) is 17.2 Å². The lowest BCUT2D eigenvalue weighted by Gasteiger charge is -2.30. The standard InChI is InChI=1S/C29H34N2O11S2/c1-7-21-22(19-12-10-9-11-13-19)23(28(37)38-8-2)27(44-21)31-29(43)30-26(36)25(42-18(6)35)24(41-17(5)34)20(40-16(4)33)14-39-15(3)32/h9-13,20,24-25H,7-8,14H2,1-6H3,(H2,30,31,36,43). The van der Waals surface area contributed by atoms with E-state index in [1.165, 1.54) is 11.3 Å². The summed E-state index contributed by atoms with van der Waals surface area (Å²) >= 11 is 6.60. The number of carbonyl (C=O) groups is 6. The third-order valence-electron chi connectivity index (χ3n) is 5.59. The highest BCUT2D eigenvalue weighted by Gasteiger charge is 2.42. The van der Waals surface area contributed by atoms with Crippen molar-refractivity contribution in [1.29, 1.82) is 0 Å². The van der Waals surface area contributed by atoms with Crippen molar-refractivity contribution >= 4 is 69.4 Å². The van der Waals surface area contributed by atoms with Gasteiger partial charge in [-0.15, -0.1) is 11.3 Å². The summed E-state index contributed by atoms with van der Waals surface area (Å²) in [6.07, 6.45) is -4.61. The van der Waals surface area contributed by atoms with E-state index in [4.69, 9.17) is 35.9 Å². The Morgan fingerprint density at radius 3 is 1.98 bits per heavy atom. The largest absolute Gasteiger partial charge is 0.462 e. The molecule has 3 atom stereocenters. The summed E-state index contributed by atoms with van der Waals surface area (Å²) in [4.78, 5) is 74.6. The number of thiocarbonyl (C=S) groups is 1. The number of nitrogens with one attached hydrogen (secondary N) is 2. The van der Waals surface area contributed by atoms with Crippen LogP contribution in [0.4, 0.5) is 5.00 Å². The van der Waals surface area contributed by atoms with Crippen LogP contribution in [0.1, 0.15) is 56.8 Å². The zero-order chi connectivity index (χ0) is 33.0. The first-order valence-electron chi connectivity index (χ1n) is 13.4. The first-order valence-corrected chi connectivity index (χ1v) is 14.7. The van der Waals surface area contributed by atoms with E-state index in [2.05, 4.69) is 10.6 Å². The Bertz CT molecular complexity index is 1390. The quantitative estimate of drug-likeness (QED) is 0.184. The molecule has 0 saturated carbocycles. The number of thiophene rings is 1. The highest BCUT2D eigenvalue weighted by Crippen LogP contribution is 2.41. The number of amides is 1. The first-order chi connectivity index (χ1) is 20.8. The van der Waals surface area contributed by atoms with E-state index < -0.39 is 60.7 Å². The molecule has 0 bridgehead atoms. The Labute approximate surface area is 263 Å². The maximum absolute atomic E-state index is 13.5. The predicted molar refractivity (Wildman–Crippen MR) is 163 cm³/mol. The Hall–Kier alpha value is -4.37. The minimum atomic E-state index is -1.91. The highest BCUT2D eigenvalue weighted by atomic mass is 32.1. The van der Waals surface area contributed by atoms with Crippen molar-refractivity contribution < 1.29 is 52.5 Å². The summed E-state index contributed by atoms with van der Waals surface area (Å²) < 4.78 is 25.8. The van der Waals surface area contributed by atoms with Crippen molar-refractivity contribution in [3.8, 4) is 11.1 Å². The summed E-state index contributed by atoms with van der Waals surface area (Å²) in [5.74, 6) is -5.16. The second-order valence-corrected chi connectivity index (χ2v) is 10.6. The lowest BCUT2D eigenvalue weighted by Crippen LogP contribution is -2.55. The molecule has 0 spiro atoms. The van der Waals surface area contributed by atoms with Gasteiger partial charge in [0.05, 0.1) is 6.61 Å². The van der Waals surface area contributed by atoms with Crippen LogP contribution in [0, 0.1) is 0 Å². The van der Waals surface area contributed by atoms with Gasteiger partial charge in [-0.3, -0.25) is 29.3 Å². The lowest BCUT2D eigenvalue weighted by atomic mass is 10.0. The molecule has 13 nitrogen and oxygen atoms in total. The van der Waals surface area contributed by atoms with E-state index in [-0.39, 0.29) is 22.3 Å². The average Bonchev–Trinajstić information content (AvgIpc) is 3.31. The van der Waals surface area contributed by atoms with Gasteiger partial charge in [0.15, 0.2) is 17.3 Å². The van der Waals surface area contributed by atoms with Gasteiger partial charge in [-0.05, 0) is 31.1 Å². The first kappa shape index (κ1) is 35.8. The molecule has 238 valence electrons. The second kappa shape index (κ2) is 17.1. The van der Waals surface area contributed by atoms with Crippen molar-refractivity contribution in [2.45, 2.75) is 66.3 Å². The van der Waals surface area contributed by atoms with Crippen LogP contribution in [-0.4, -0.2) is 72.4 Å². The minimum absolute atomic E-state index is 0.115. The van der Waals surface area contributed by atoms with Gasteiger partial charge in [-0.2, -0.15) is 0 Å². The van der Waals surface area contributed by atoms with Crippen LogP contribution < -0.4 is 10.6 Å². The fraction of sp³-hybridized carbons (Fsp3) is 0.414. The number of anilines is 1. The fourth-order valence-corrected chi connectivity index (χ4v) is 5.44. The molecule has 44 heavy (non-hydrogen) atoms. The third kappa shape index (κ3) is 10.4. The van der Waals surface area contributed by atoms with Gasteiger partial charge in [0.2, 0.25) is 6.10 Å². The van der Waals surface area contributed by atoms with E-state index in [1.54, 1.807) is 6.92 Å². The molecule has 3 unspecified atom stereocenters. The van der Waals surface area contributed by atoms with E-state index in [9.17, 15) is 28.8 Å².